The third-order valence-electron chi connectivity index (χ3n) is 14.5. The van der Waals surface area contributed by atoms with Gasteiger partial charge in [-0.15, -0.1) is 0 Å². The van der Waals surface area contributed by atoms with Crippen LogP contribution in [0.3, 0.4) is 0 Å². The van der Waals surface area contributed by atoms with Crippen molar-refractivity contribution in [2.45, 2.75) is 19.3 Å². The van der Waals surface area contributed by atoms with Crippen LogP contribution in [0, 0.1) is 0 Å². The van der Waals surface area contributed by atoms with Crippen molar-refractivity contribution in [3.8, 4) is 56.3 Å². The molecule has 0 spiro atoms. The molecule has 3 heterocycles. The van der Waals surface area contributed by atoms with Crippen molar-refractivity contribution >= 4 is 65.3 Å². The topological polar surface area (TPSA) is 35.6 Å². The zero-order valence-electron chi connectivity index (χ0n) is 37.1. The number of para-hydroxylation sites is 3. The van der Waals surface area contributed by atoms with E-state index < -0.39 is 0 Å². The van der Waals surface area contributed by atoms with Crippen LogP contribution >= 0.6 is 0 Å². The summed E-state index contributed by atoms with van der Waals surface area (Å²) in [6, 6.07) is 79.5. The molecule has 314 valence electrons. The molecule has 0 amide bonds. The van der Waals surface area contributed by atoms with Crippen molar-refractivity contribution in [1.29, 1.82) is 0 Å². The van der Waals surface area contributed by atoms with E-state index in [0.717, 1.165) is 44.6 Å². The van der Waals surface area contributed by atoms with Gasteiger partial charge < -0.3 is 9.13 Å². The molecule has 1 aliphatic rings. The predicted molar refractivity (Wildman–Crippen MR) is 280 cm³/mol. The number of benzene rings is 10. The molecule has 10 aromatic carbocycles. The van der Waals surface area contributed by atoms with Gasteiger partial charge in [0.15, 0.2) is 5.82 Å². The first-order valence-corrected chi connectivity index (χ1v) is 23.2. The number of rotatable bonds is 5. The van der Waals surface area contributed by atoms with E-state index in [2.05, 4.69) is 241 Å². The van der Waals surface area contributed by atoms with E-state index in [1.54, 1.807) is 0 Å². The number of nitrogens with zero attached hydrogens (tertiary/aromatic N) is 4. The highest BCUT2D eigenvalue weighted by atomic mass is 15.0. The normalized spacial score (nSPS) is 13.0. The van der Waals surface area contributed by atoms with Crippen LogP contribution in [0.4, 0.5) is 0 Å². The number of aromatic nitrogens is 4. The summed E-state index contributed by atoms with van der Waals surface area (Å²) in [5.41, 5.74) is 18.5. The molecule has 0 bridgehead atoms. The zero-order chi connectivity index (χ0) is 44.4. The predicted octanol–water partition coefficient (Wildman–Crippen LogP) is 16.3. The fourth-order valence-corrected chi connectivity index (χ4v) is 11.3. The number of hydrogen-bond acceptors (Lipinski definition) is 2. The Bertz CT molecular complexity index is 4170. The van der Waals surface area contributed by atoms with Crippen LogP contribution in [0.25, 0.3) is 122 Å². The van der Waals surface area contributed by atoms with E-state index in [1.807, 2.05) is 0 Å². The van der Waals surface area contributed by atoms with Crippen molar-refractivity contribution in [3.05, 3.63) is 230 Å². The standard InChI is InChI=1S/C63H42N4/c1-63(2)53-21-11-8-18-47(53)48-32-26-43(38-54(48)63)62-64-55-33-27-39-14-6-7-17-46(39)60(55)61(65-62)40-24-30-45(31-25-40)67-57-23-13-10-20-50(57)52-37-42(29-35-59(52)67)41-28-34-58-51(36-41)49-19-9-12-22-56(49)66(58)44-15-4-3-5-16-44/h3-38H,1-2H3. The molecule has 3 aromatic heterocycles. The Morgan fingerprint density at radius 3 is 1.60 bits per heavy atom. The van der Waals surface area contributed by atoms with Gasteiger partial charge in [0.2, 0.25) is 0 Å². The molecular formula is C63H42N4. The van der Waals surface area contributed by atoms with E-state index in [4.69, 9.17) is 9.97 Å². The molecule has 14 rings (SSSR count). The smallest absolute Gasteiger partial charge is 0.160 e. The van der Waals surface area contributed by atoms with E-state index >= 15 is 0 Å². The average Bonchev–Trinajstić information content (AvgIpc) is 3.98. The summed E-state index contributed by atoms with van der Waals surface area (Å²) in [6.45, 7) is 4.65. The number of fused-ring (bicyclic) bond motifs is 12. The van der Waals surface area contributed by atoms with Crippen LogP contribution in [0.1, 0.15) is 25.0 Å². The summed E-state index contributed by atoms with van der Waals surface area (Å²) in [4.78, 5) is 10.8. The fraction of sp³-hybridized carbons (Fsp3) is 0.0476. The minimum Gasteiger partial charge on any atom is -0.309 e. The highest BCUT2D eigenvalue weighted by Crippen LogP contribution is 2.50. The first-order valence-electron chi connectivity index (χ1n) is 23.2. The second-order valence-electron chi connectivity index (χ2n) is 18.6. The maximum Gasteiger partial charge on any atom is 0.160 e. The lowest BCUT2D eigenvalue weighted by Crippen LogP contribution is -2.15. The van der Waals surface area contributed by atoms with Crippen molar-refractivity contribution in [2.24, 2.45) is 0 Å². The van der Waals surface area contributed by atoms with Crippen LogP contribution in [0.5, 0.6) is 0 Å². The molecule has 0 unspecified atom stereocenters. The Morgan fingerprint density at radius 2 is 0.896 bits per heavy atom. The van der Waals surface area contributed by atoms with Crippen molar-refractivity contribution in [1.82, 2.24) is 19.1 Å². The van der Waals surface area contributed by atoms with E-state index in [-0.39, 0.29) is 5.41 Å². The van der Waals surface area contributed by atoms with Gasteiger partial charge >= 0.3 is 0 Å². The fourth-order valence-electron chi connectivity index (χ4n) is 11.3. The molecule has 0 saturated carbocycles. The highest BCUT2D eigenvalue weighted by Gasteiger charge is 2.35. The summed E-state index contributed by atoms with van der Waals surface area (Å²) in [5, 5.41) is 8.34. The molecule has 4 nitrogen and oxygen atoms in total. The van der Waals surface area contributed by atoms with Crippen LogP contribution < -0.4 is 0 Å². The Morgan fingerprint density at radius 1 is 0.358 bits per heavy atom. The van der Waals surface area contributed by atoms with Gasteiger partial charge in [-0.25, -0.2) is 9.97 Å². The zero-order valence-corrected chi connectivity index (χ0v) is 37.1. The summed E-state index contributed by atoms with van der Waals surface area (Å²) >= 11 is 0. The molecule has 0 N–H and O–H groups in total. The Labute approximate surface area is 387 Å². The van der Waals surface area contributed by atoms with Crippen LogP contribution in [0.15, 0.2) is 218 Å². The first kappa shape index (κ1) is 37.7. The van der Waals surface area contributed by atoms with Crippen molar-refractivity contribution in [2.75, 3.05) is 0 Å². The van der Waals surface area contributed by atoms with Gasteiger partial charge in [-0.05, 0) is 117 Å². The first-order chi connectivity index (χ1) is 33.0. The summed E-state index contributed by atoms with van der Waals surface area (Å²) in [6.07, 6.45) is 0. The van der Waals surface area contributed by atoms with Crippen molar-refractivity contribution in [3.63, 3.8) is 0 Å². The third-order valence-corrected chi connectivity index (χ3v) is 14.5. The molecule has 0 saturated heterocycles. The number of hydrogen-bond donors (Lipinski definition) is 0. The maximum atomic E-state index is 5.48. The monoisotopic (exact) mass is 854 g/mol. The van der Waals surface area contributed by atoms with E-state index in [9.17, 15) is 0 Å². The molecule has 67 heavy (non-hydrogen) atoms. The van der Waals surface area contributed by atoms with Crippen LogP contribution in [0.2, 0.25) is 0 Å². The van der Waals surface area contributed by atoms with Gasteiger partial charge in [0, 0.05) is 54.8 Å². The van der Waals surface area contributed by atoms with Crippen LogP contribution in [-0.2, 0) is 5.41 Å². The van der Waals surface area contributed by atoms with Gasteiger partial charge in [0.25, 0.3) is 0 Å². The minimum absolute atomic E-state index is 0.123. The third kappa shape index (κ3) is 5.60. The molecule has 0 fully saturated rings. The maximum absolute atomic E-state index is 5.48. The van der Waals surface area contributed by atoms with Crippen LogP contribution in [-0.4, -0.2) is 19.1 Å². The van der Waals surface area contributed by atoms with Gasteiger partial charge in [-0.1, -0.05) is 159 Å². The SMILES string of the molecule is CC1(C)c2ccccc2-c2ccc(-c3nc(-c4ccc(-n5c6ccccc6c6cc(-c7ccc8c(c7)c7ccccc7n8-c7ccccc7)ccc65)cc4)c4c(ccc5ccccc54)n3)cc21. The lowest BCUT2D eigenvalue weighted by atomic mass is 9.82. The molecule has 4 heteroatoms. The second-order valence-corrected chi connectivity index (χ2v) is 18.6. The highest BCUT2D eigenvalue weighted by molar-refractivity contribution is 6.14. The molecule has 0 aliphatic heterocycles. The largest absolute Gasteiger partial charge is 0.309 e. The van der Waals surface area contributed by atoms with Crippen molar-refractivity contribution < 1.29 is 0 Å². The lowest BCUT2D eigenvalue weighted by molar-refractivity contribution is 0.660. The van der Waals surface area contributed by atoms with E-state index in [1.165, 1.54) is 88.1 Å². The Balaban J connectivity index is 0.889. The van der Waals surface area contributed by atoms with Gasteiger partial charge in [-0.2, -0.15) is 0 Å². The Kier molecular flexibility index (Phi) is 8.00. The van der Waals surface area contributed by atoms with Gasteiger partial charge in [0.1, 0.15) is 0 Å². The van der Waals surface area contributed by atoms with Gasteiger partial charge in [-0.3, -0.25) is 0 Å². The summed E-state index contributed by atoms with van der Waals surface area (Å²) in [5.74, 6) is 0.732. The molecule has 0 atom stereocenters. The minimum atomic E-state index is -0.123. The molecule has 13 aromatic rings. The second kappa shape index (κ2) is 14.2. The van der Waals surface area contributed by atoms with Gasteiger partial charge in [0.05, 0.1) is 33.3 Å². The molecule has 1 aliphatic carbocycles. The average molecular weight is 855 g/mol. The molecule has 0 radical (unpaired) electrons. The quantitative estimate of drug-likeness (QED) is 0.162. The molecular weight excluding hydrogens is 813 g/mol. The Hall–Kier alpha value is -8.60. The van der Waals surface area contributed by atoms with E-state index in [0.29, 0.717) is 0 Å². The summed E-state index contributed by atoms with van der Waals surface area (Å²) in [7, 11) is 0. The summed E-state index contributed by atoms with van der Waals surface area (Å²) < 4.78 is 4.77. The lowest BCUT2D eigenvalue weighted by Gasteiger charge is -2.22.